The molecule has 15 heavy (non-hydrogen) atoms. The van der Waals surface area contributed by atoms with Gasteiger partial charge in [-0.15, -0.1) is 0 Å². The van der Waals surface area contributed by atoms with Crippen molar-refractivity contribution in [3.05, 3.63) is 29.3 Å². The van der Waals surface area contributed by atoms with Crippen LogP contribution >= 0.6 is 0 Å². The van der Waals surface area contributed by atoms with Gasteiger partial charge in [0.1, 0.15) is 0 Å². The monoisotopic (exact) mass is 204 g/mol. The molecule has 0 spiro atoms. The van der Waals surface area contributed by atoms with E-state index in [9.17, 15) is 0 Å². The number of benzene rings is 1. The van der Waals surface area contributed by atoms with Crippen molar-refractivity contribution in [2.45, 2.75) is 32.7 Å². The predicted octanol–water partition coefficient (Wildman–Crippen LogP) is 2.23. The Hall–Kier alpha value is -1.02. The fourth-order valence-electron chi connectivity index (χ4n) is 2.39. The van der Waals surface area contributed by atoms with E-state index in [1.807, 2.05) is 0 Å². The summed E-state index contributed by atoms with van der Waals surface area (Å²) in [4.78, 5) is 2.42. The minimum atomic E-state index is 0.347. The van der Waals surface area contributed by atoms with Crippen LogP contribution in [-0.4, -0.2) is 19.1 Å². The third kappa shape index (κ3) is 2.32. The van der Waals surface area contributed by atoms with Gasteiger partial charge < -0.3 is 10.6 Å². The number of hydrogen-bond donors (Lipinski definition) is 1. The quantitative estimate of drug-likeness (QED) is 0.760. The minimum Gasteiger partial charge on any atom is -0.370 e. The van der Waals surface area contributed by atoms with Gasteiger partial charge >= 0.3 is 0 Å². The first-order valence-corrected chi connectivity index (χ1v) is 5.74. The van der Waals surface area contributed by atoms with Crippen molar-refractivity contribution in [3.8, 4) is 0 Å². The molecule has 0 aliphatic carbocycles. The molecule has 0 aromatic heterocycles. The summed E-state index contributed by atoms with van der Waals surface area (Å²) in [5, 5.41) is 0. The highest BCUT2D eigenvalue weighted by Gasteiger charge is 2.17. The standard InChI is InChI=1S/C13H20N2/c1-10-5-6-13(11(2)8-10)15-7-3-4-12(14)9-15/h5-6,8,12H,3-4,7,9,14H2,1-2H3. The van der Waals surface area contributed by atoms with Gasteiger partial charge in [-0.05, 0) is 38.3 Å². The van der Waals surface area contributed by atoms with E-state index in [1.165, 1.54) is 29.7 Å². The molecule has 1 fully saturated rings. The lowest BCUT2D eigenvalue weighted by Crippen LogP contribution is -2.43. The second kappa shape index (κ2) is 4.23. The maximum atomic E-state index is 6.00. The van der Waals surface area contributed by atoms with Crippen LogP contribution in [0.15, 0.2) is 18.2 Å². The fourth-order valence-corrected chi connectivity index (χ4v) is 2.39. The number of nitrogens with two attached hydrogens (primary N) is 1. The van der Waals surface area contributed by atoms with Crippen LogP contribution in [0.5, 0.6) is 0 Å². The second-order valence-corrected chi connectivity index (χ2v) is 4.64. The highest BCUT2D eigenvalue weighted by Crippen LogP contribution is 2.24. The summed E-state index contributed by atoms with van der Waals surface area (Å²) in [7, 11) is 0. The van der Waals surface area contributed by atoms with E-state index in [0.717, 1.165) is 13.1 Å². The number of piperidine rings is 1. The van der Waals surface area contributed by atoms with Crippen LogP contribution in [0.3, 0.4) is 0 Å². The van der Waals surface area contributed by atoms with Gasteiger partial charge in [-0.25, -0.2) is 0 Å². The molecule has 1 unspecified atom stereocenters. The van der Waals surface area contributed by atoms with Gasteiger partial charge in [0, 0.05) is 24.8 Å². The summed E-state index contributed by atoms with van der Waals surface area (Å²) >= 11 is 0. The smallest absolute Gasteiger partial charge is 0.0396 e. The van der Waals surface area contributed by atoms with Crippen LogP contribution in [0.25, 0.3) is 0 Å². The van der Waals surface area contributed by atoms with E-state index in [0.29, 0.717) is 6.04 Å². The molecule has 1 atom stereocenters. The van der Waals surface area contributed by atoms with Crippen LogP contribution in [0.2, 0.25) is 0 Å². The molecule has 82 valence electrons. The third-order valence-corrected chi connectivity index (χ3v) is 3.15. The minimum absolute atomic E-state index is 0.347. The lowest BCUT2D eigenvalue weighted by Gasteiger charge is -2.33. The van der Waals surface area contributed by atoms with Crippen molar-refractivity contribution in [1.82, 2.24) is 0 Å². The van der Waals surface area contributed by atoms with Gasteiger partial charge in [0.25, 0.3) is 0 Å². The summed E-state index contributed by atoms with van der Waals surface area (Å²) in [5.74, 6) is 0. The summed E-state index contributed by atoms with van der Waals surface area (Å²) in [5.41, 5.74) is 10.1. The summed E-state index contributed by atoms with van der Waals surface area (Å²) in [6, 6.07) is 7.00. The normalized spacial score (nSPS) is 21.8. The summed E-state index contributed by atoms with van der Waals surface area (Å²) in [6.45, 7) is 6.47. The van der Waals surface area contributed by atoms with Crippen LogP contribution in [-0.2, 0) is 0 Å². The van der Waals surface area contributed by atoms with Gasteiger partial charge in [-0.3, -0.25) is 0 Å². The van der Waals surface area contributed by atoms with E-state index < -0.39 is 0 Å². The Morgan fingerprint density at radius 3 is 2.80 bits per heavy atom. The van der Waals surface area contributed by atoms with E-state index in [-0.39, 0.29) is 0 Å². The van der Waals surface area contributed by atoms with Gasteiger partial charge in [0.05, 0.1) is 0 Å². The topological polar surface area (TPSA) is 29.3 Å². The number of hydrogen-bond acceptors (Lipinski definition) is 2. The molecule has 1 aromatic carbocycles. The van der Waals surface area contributed by atoms with Gasteiger partial charge in [-0.2, -0.15) is 0 Å². The Labute approximate surface area is 92.1 Å². The van der Waals surface area contributed by atoms with Crippen LogP contribution < -0.4 is 10.6 Å². The lowest BCUT2D eigenvalue weighted by molar-refractivity contribution is 0.505. The largest absolute Gasteiger partial charge is 0.370 e. The number of rotatable bonds is 1. The third-order valence-electron chi connectivity index (χ3n) is 3.15. The van der Waals surface area contributed by atoms with E-state index in [4.69, 9.17) is 5.73 Å². The highest BCUT2D eigenvalue weighted by molar-refractivity contribution is 5.54. The summed E-state index contributed by atoms with van der Waals surface area (Å²) < 4.78 is 0. The van der Waals surface area contributed by atoms with Crippen LogP contribution in [0, 0.1) is 13.8 Å². The molecule has 1 aromatic rings. The second-order valence-electron chi connectivity index (χ2n) is 4.64. The zero-order valence-electron chi connectivity index (χ0n) is 9.66. The van der Waals surface area contributed by atoms with E-state index in [2.05, 4.69) is 36.9 Å². The van der Waals surface area contributed by atoms with Crippen molar-refractivity contribution < 1.29 is 0 Å². The maximum Gasteiger partial charge on any atom is 0.0396 e. The van der Waals surface area contributed by atoms with Crippen LogP contribution in [0.1, 0.15) is 24.0 Å². The fraction of sp³-hybridized carbons (Fsp3) is 0.538. The molecule has 1 aliphatic rings. The van der Waals surface area contributed by atoms with Crippen molar-refractivity contribution in [2.24, 2.45) is 5.73 Å². The molecule has 0 bridgehead atoms. The molecule has 1 heterocycles. The average molecular weight is 204 g/mol. The molecule has 0 amide bonds. The molecule has 2 nitrogen and oxygen atoms in total. The Balaban J connectivity index is 2.21. The Bertz CT molecular complexity index is 346. The first-order valence-electron chi connectivity index (χ1n) is 5.74. The number of aryl methyl sites for hydroxylation is 2. The Kier molecular flexibility index (Phi) is 2.96. The molecule has 2 rings (SSSR count). The first-order chi connectivity index (χ1) is 7.16. The predicted molar refractivity (Wildman–Crippen MR) is 65.3 cm³/mol. The van der Waals surface area contributed by atoms with Crippen molar-refractivity contribution >= 4 is 5.69 Å². The molecule has 2 N–H and O–H groups in total. The van der Waals surface area contributed by atoms with Crippen molar-refractivity contribution in [1.29, 1.82) is 0 Å². The Morgan fingerprint density at radius 1 is 1.33 bits per heavy atom. The van der Waals surface area contributed by atoms with Crippen molar-refractivity contribution in [3.63, 3.8) is 0 Å². The van der Waals surface area contributed by atoms with E-state index in [1.54, 1.807) is 0 Å². The molecule has 1 saturated heterocycles. The zero-order valence-corrected chi connectivity index (χ0v) is 9.66. The maximum absolute atomic E-state index is 6.00. The lowest BCUT2D eigenvalue weighted by atomic mass is 10.0. The first kappa shape index (κ1) is 10.5. The molecule has 1 aliphatic heterocycles. The molecule has 0 radical (unpaired) electrons. The Morgan fingerprint density at radius 2 is 2.13 bits per heavy atom. The van der Waals surface area contributed by atoms with Gasteiger partial charge in [0.2, 0.25) is 0 Å². The number of nitrogens with zero attached hydrogens (tertiary/aromatic N) is 1. The molecule has 0 saturated carbocycles. The molecular formula is C13H20N2. The summed E-state index contributed by atoms with van der Waals surface area (Å²) in [6.07, 6.45) is 2.38. The SMILES string of the molecule is Cc1ccc(N2CCCC(N)C2)c(C)c1. The van der Waals surface area contributed by atoms with Gasteiger partial charge in [0.15, 0.2) is 0 Å². The van der Waals surface area contributed by atoms with Crippen molar-refractivity contribution in [2.75, 3.05) is 18.0 Å². The van der Waals surface area contributed by atoms with E-state index >= 15 is 0 Å². The van der Waals surface area contributed by atoms with Gasteiger partial charge in [-0.1, -0.05) is 17.7 Å². The zero-order chi connectivity index (χ0) is 10.8. The average Bonchev–Trinajstić information content (AvgIpc) is 2.17. The van der Waals surface area contributed by atoms with Crippen LogP contribution in [0.4, 0.5) is 5.69 Å². The number of anilines is 1. The molecule has 2 heteroatoms. The molecular weight excluding hydrogens is 184 g/mol. The highest BCUT2D eigenvalue weighted by atomic mass is 15.1.